The molecule has 0 amide bonds. The van der Waals surface area contributed by atoms with Crippen molar-refractivity contribution in [2.75, 3.05) is 4.72 Å². The number of nitrogens with one attached hydrogen (secondary N) is 2. The van der Waals surface area contributed by atoms with E-state index in [1.807, 2.05) is 0 Å². The summed E-state index contributed by atoms with van der Waals surface area (Å²) in [5, 5.41) is 6.36. The maximum Gasteiger partial charge on any atom is 0.265 e. The number of nitrogens with two attached hydrogens (primary N) is 1. The molecule has 20 heavy (non-hydrogen) atoms. The van der Waals surface area contributed by atoms with Crippen LogP contribution in [-0.4, -0.2) is 18.6 Å². The molecule has 0 fully saturated rings. The van der Waals surface area contributed by atoms with E-state index in [0.717, 1.165) is 0 Å². The maximum absolute atomic E-state index is 13.7. The van der Waals surface area contributed by atoms with Crippen molar-refractivity contribution in [1.29, 1.82) is 0 Å². The lowest BCUT2D eigenvalue weighted by molar-refractivity contribution is 0.597. The van der Waals surface area contributed by atoms with E-state index in [0.29, 0.717) is 10.2 Å². The molecule has 1 heterocycles. The zero-order chi connectivity index (χ0) is 14.9. The summed E-state index contributed by atoms with van der Waals surface area (Å²) in [5.41, 5.74) is 5.85. The third-order valence-corrected chi connectivity index (χ3v) is 4.66. The highest BCUT2D eigenvalue weighted by Gasteiger charge is 2.24. The SMILES string of the molecule is Cc1[nH]nc(CN)c1S(=O)(=O)Nc1ccc(Br)cc1F. The van der Waals surface area contributed by atoms with Gasteiger partial charge in [0.2, 0.25) is 0 Å². The topological polar surface area (TPSA) is 101 Å². The summed E-state index contributed by atoms with van der Waals surface area (Å²) < 4.78 is 41.0. The van der Waals surface area contributed by atoms with Crippen molar-refractivity contribution in [2.24, 2.45) is 5.73 Å². The number of hydrogen-bond donors (Lipinski definition) is 3. The predicted octanol–water partition coefficient (Wildman–Crippen LogP) is 1.88. The molecule has 0 saturated heterocycles. The van der Waals surface area contributed by atoms with E-state index >= 15 is 0 Å². The minimum absolute atomic E-state index is 0.0383. The molecule has 6 nitrogen and oxygen atoms in total. The third kappa shape index (κ3) is 2.84. The summed E-state index contributed by atoms with van der Waals surface area (Å²) in [6.07, 6.45) is 0. The molecule has 0 saturated carbocycles. The first-order valence-electron chi connectivity index (χ1n) is 5.57. The number of aromatic nitrogens is 2. The molecule has 0 spiro atoms. The lowest BCUT2D eigenvalue weighted by Crippen LogP contribution is -2.17. The largest absolute Gasteiger partial charge is 0.325 e. The fourth-order valence-corrected chi connectivity index (χ4v) is 3.51. The van der Waals surface area contributed by atoms with Crippen LogP contribution in [0.5, 0.6) is 0 Å². The second kappa shape index (κ2) is 5.51. The van der Waals surface area contributed by atoms with E-state index in [1.165, 1.54) is 18.2 Å². The molecule has 0 radical (unpaired) electrons. The fourth-order valence-electron chi connectivity index (χ4n) is 1.73. The fraction of sp³-hybridized carbons (Fsp3) is 0.182. The second-order valence-corrected chi connectivity index (χ2v) is 6.59. The molecule has 0 aliphatic heterocycles. The summed E-state index contributed by atoms with van der Waals surface area (Å²) in [6, 6.07) is 4.03. The summed E-state index contributed by atoms with van der Waals surface area (Å²) in [6.45, 7) is 1.52. The molecule has 1 aromatic carbocycles. The minimum Gasteiger partial charge on any atom is -0.325 e. The molecule has 1 aromatic heterocycles. The van der Waals surface area contributed by atoms with Crippen LogP contribution >= 0.6 is 15.9 Å². The Kier molecular flexibility index (Phi) is 4.11. The van der Waals surface area contributed by atoms with Gasteiger partial charge in [-0.3, -0.25) is 9.82 Å². The van der Waals surface area contributed by atoms with Crippen molar-refractivity contribution >= 4 is 31.6 Å². The van der Waals surface area contributed by atoms with Crippen LogP contribution in [0.15, 0.2) is 27.6 Å². The highest BCUT2D eigenvalue weighted by atomic mass is 79.9. The number of hydrogen-bond acceptors (Lipinski definition) is 4. The molecule has 2 aromatic rings. The molecule has 0 bridgehead atoms. The van der Waals surface area contributed by atoms with E-state index in [4.69, 9.17) is 5.73 Å². The average molecular weight is 363 g/mol. The van der Waals surface area contributed by atoms with Crippen LogP contribution in [-0.2, 0) is 16.6 Å². The van der Waals surface area contributed by atoms with Crippen LogP contribution in [0.4, 0.5) is 10.1 Å². The van der Waals surface area contributed by atoms with Gasteiger partial charge in [-0.1, -0.05) is 15.9 Å². The van der Waals surface area contributed by atoms with Crippen molar-refractivity contribution in [1.82, 2.24) is 10.2 Å². The minimum atomic E-state index is -3.96. The molecule has 2 rings (SSSR count). The zero-order valence-electron chi connectivity index (χ0n) is 10.4. The highest BCUT2D eigenvalue weighted by molar-refractivity contribution is 9.10. The van der Waals surface area contributed by atoms with E-state index in [9.17, 15) is 12.8 Å². The number of aromatic amines is 1. The van der Waals surface area contributed by atoms with Crippen LogP contribution in [0, 0.1) is 12.7 Å². The lowest BCUT2D eigenvalue weighted by atomic mass is 10.3. The summed E-state index contributed by atoms with van der Waals surface area (Å²) >= 11 is 3.10. The first kappa shape index (κ1) is 14.9. The van der Waals surface area contributed by atoms with Gasteiger partial charge in [0.05, 0.1) is 17.1 Å². The van der Waals surface area contributed by atoms with Gasteiger partial charge in [0, 0.05) is 11.0 Å². The average Bonchev–Trinajstić information content (AvgIpc) is 2.75. The van der Waals surface area contributed by atoms with Crippen molar-refractivity contribution < 1.29 is 12.8 Å². The van der Waals surface area contributed by atoms with Gasteiger partial charge >= 0.3 is 0 Å². The van der Waals surface area contributed by atoms with Gasteiger partial charge in [0.15, 0.2) is 0 Å². The number of aryl methyl sites for hydroxylation is 1. The molecule has 108 valence electrons. The van der Waals surface area contributed by atoms with Crippen LogP contribution in [0.1, 0.15) is 11.4 Å². The Bertz CT molecular complexity index is 745. The smallest absolute Gasteiger partial charge is 0.265 e. The quantitative estimate of drug-likeness (QED) is 0.772. The number of anilines is 1. The Balaban J connectivity index is 2.43. The maximum atomic E-state index is 13.7. The van der Waals surface area contributed by atoms with E-state index in [-0.39, 0.29) is 22.8 Å². The van der Waals surface area contributed by atoms with Crippen LogP contribution in [0.3, 0.4) is 0 Å². The van der Waals surface area contributed by atoms with Crippen LogP contribution in [0.25, 0.3) is 0 Å². The van der Waals surface area contributed by atoms with Crippen LogP contribution in [0.2, 0.25) is 0 Å². The first-order chi connectivity index (χ1) is 9.35. The molecule has 0 aliphatic rings. The summed E-state index contributed by atoms with van der Waals surface area (Å²) in [4.78, 5) is -0.0534. The van der Waals surface area contributed by atoms with Gasteiger partial charge in [-0.05, 0) is 25.1 Å². The second-order valence-electron chi connectivity index (χ2n) is 4.06. The summed E-state index contributed by atoms with van der Waals surface area (Å²) in [5.74, 6) is -0.682. The first-order valence-corrected chi connectivity index (χ1v) is 7.84. The van der Waals surface area contributed by atoms with Gasteiger partial charge in [0.25, 0.3) is 10.0 Å². The van der Waals surface area contributed by atoms with Gasteiger partial charge < -0.3 is 5.73 Å². The molecular formula is C11H12BrFN4O2S. The zero-order valence-corrected chi connectivity index (χ0v) is 12.8. The third-order valence-electron chi connectivity index (χ3n) is 2.60. The van der Waals surface area contributed by atoms with E-state index in [2.05, 4.69) is 30.8 Å². The van der Waals surface area contributed by atoms with Crippen molar-refractivity contribution in [2.45, 2.75) is 18.4 Å². The molecule has 4 N–H and O–H groups in total. The summed E-state index contributed by atoms with van der Waals surface area (Å²) in [7, 11) is -3.96. The van der Waals surface area contributed by atoms with Crippen LogP contribution < -0.4 is 10.5 Å². The highest BCUT2D eigenvalue weighted by Crippen LogP contribution is 2.24. The van der Waals surface area contributed by atoms with E-state index in [1.54, 1.807) is 6.92 Å². The van der Waals surface area contributed by atoms with Gasteiger partial charge in [-0.15, -0.1) is 0 Å². The Labute approximate surface area is 123 Å². The lowest BCUT2D eigenvalue weighted by Gasteiger charge is -2.09. The number of H-pyrrole nitrogens is 1. The van der Waals surface area contributed by atoms with Crippen molar-refractivity contribution in [3.63, 3.8) is 0 Å². The predicted molar refractivity (Wildman–Crippen MR) is 76.1 cm³/mol. The normalized spacial score (nSPS) is 11.6. The Hall–Kier alpha value is -1.45. The number of halogens is 2. The number of rotatable bonds is 4. The number of sulfonamides is 1. The number of benzene rings is 1. The standard InChI is InChI=1S/C11H12BrFN4O2S/c1-6-11(10(5-14)16-15-6)20(18,19)17-9-3-2-7(12)4-8(9)13/h2-4,17H,5,14H2,1H3,(H,15,16). The molecule has 0 unspecified atom stereocenters. The Morgan fingerprint density at radius 3 is 2.80 bits per heavy atom. The Morgan fingerprint density at radius 1 is 1.50 bits per heavy atom. The molecule has 0 atom stereocenters. The van der Waals surface area contributed by atoms with E-state index < -0.39 is 15.8 Å². The molecule has 9 heteroatoms. The molecule has 0 aliphatic carbocycles. The van der Waals surface area contributed by atoms with Crippen molar-refractivity contribution in [3.8, 4) is 0 Å². The van der Waals surface area contributed by atoms with Gasteiger partial charge in [-0.2, -0.15) is 5.10 Å². The Morgan fingerprint density at radius 2 is 2.20 bits per heavy atom. The number of nitrogens with zero attached hydrogens (tertiary/aromatic N) is 1. The van der Waals surface area contributed by atoms with Gasteiger partial charge in [-0.25, -0.2) is 12.8 Å². The van der Waals surface area contributed by atoms with Gasteiger partial charge in [0.1, 0.15) is 10.7 Å². The van der Waals surface area contributed by atoms with Crippen molar-refractivity contribution in [3.05, 3.63) is 39.9 Å². The molecular weight excluding hydrogens is 351 g/mol. The monoisotopic (exact) mass is 362 g/mol.